The number of hydrogen-bond acceptors (Lipinski definition) is 9. The van der Waals surface area contributed by atoms with Crippen molar-refractivity contribution in [1.29, 1.82) is 0 Å². The number of nitro groups is 1. The number of rotatable bonds is 14. The van der Waals surface area contributed by atoms with E-state index < -0.39 is 31.4 Å². The number of thioether (sulfide) groups is 1. The molecule has 0 saturated heterocycles. The largest absolute Gasteiger partial charge is 0.496 e. The van der Waals surface area contributed by atoms with Crippen molar-refractivity contribution in [3.05, 3.63) is 112 Å². The highest BCUT2D eigenvalue weighted by Gasteiger charge is 2.24. The molecule has 0 aliphatic heterocycles. The molecule has 2 N–H and O–H groups in total. The summed E-state index contributed by atoms with van der Waals surface area (Å²) in [5, 5.41) is 14.7. The average Bonchev–Trinajstić information content (AvgIpc) is 3.02. The van der Waals surface area contributed by atoms with Gasteiger partial charge in [0.05, 0.1) is 23.5 Å². The summed E-state index contributed by atoms with van der Waals surface area (Å²) in [5.74, 6) is 0.432. The lowest BCUT2D eigenvalue weighted by atomic mass is 10.0. The van der Waals surface area contributed by atoms with Gasteiger partial charge in [0, 0.05) is 41.5 Å². The van der Waals surface area contributed by atoms with Crippen LogP contribution in [-0.4, -0.2) is 52.4 Å². The minimum atomic E-state index is -4.39. The normalized spacial score (nSPS) is 11.1. The van der Waals surface area contributed by atoms with Crippen LogP contribution in [0.4, 0.5) is 11.4 Å². The van der Waals surface area contributed by atoms with Gasteiger partial charge in [0.2, 0.25) is 0 Å². The van der Waals surface area contributed by atoms with Crippen molar-refractivity contribution < 1.29 is 27.6 Å². The zero-order chi connectivity index (χ0) is 30.8. The quantitative estimate of drug-likeness (QED) is 0.0777. The Balaban J connectivity index is 1.43. The van der Waals surface area contributed by atoms with Crippen LogP contribution in [0.3, 0.4) is 0 Å². The van der Waals surface area contributed by atoms with Gasteiger partial charge >= 0.3 is 0 Å². The summed E-state index contributed by atoms with van der Waals surface area (Å²) in [4.78, 5) is 24.6. The second-order valence-corrected chi connectivity index (χ2v) is 12.2. The van der Waals surface area contributed by atoms with Gasteiger partial charge < -0.3 is 14.8 Å². The van der Waals surface area contributed by atoms with Crippen LogP contribution in [0.2, 0.25) is 0 Å². The van der Waals surface area contributed by atoms with Crippen molar-refractivity contribution in [2.45, 2.75) is 16.2 Å². The van der Waals surface area contributed by atoms with E-state index in [9.17, 15) is 23.3 Å². The van der Waals surface area contributed by atoms with E-state index in [1.807, 2.05) is 53.3 Å². The summed E-state index contributed by atoms with van der Waals surface area (Å²) in [6.07, 6.45) is 0.733. The molecule has 0 bridgehead atoms. The van der Waals surface area contributed by atoms with E-state index in [0.717, 1.165) is 34.1 Å². The molecule has 4 aromatic rings. The van der Waals surface area contributed by atoms with Crippen molar-refractivity contribution in [3.63, 3.8) is 0 Å². The minimum Gasteiger partial charge on any atom is -0.496 e. The van der Waals surface area contributed by atoms with Crippen LogP contribution in [0.15, 0.2) is 101 Å². The number of ether oxygens (including phenoxy) is 2. The first kappa shape index (κ1) is 31.5. The first-order chi connectivity index (χ1) is 20.7. The number of carbonyl (C=O) groups excluding carboxylic acids is 1. The number of nitro benzene ring substituents is 1. The molecule has 4 aromatic carbocycles. The van der Waals surface area contributed by atoms with Gasteiger partial charge in [-0.3, -0.25) is 14.9 Å². The van der Waals surface area contributed by atoms with E-state index in [2.05, 4.69) is 5.32 Å². The highest BCUT2D eigenvalue weighted by Crippen LogP contribution is 2.32. The Labute approximate surface area is 254 Å². The van der Waals surface area contributed by atoms with E-state index >= 15 is 0 Å². The molecule has 43 heavy (non-hydrogen) atoms. The van der Waals surface area contributed by atoms with Crippen molar-refractivity contribution in [3.8, 4) is 16.9 Å². The Morgan fingerprint density at radius 3 is 2.37 bits per heavy atom. The van der Waals surface area contributed by atoms with Crippen LogP contribution < -0.4 is 14.8 Å². The molecule has 0 aliphatic rings. The Hall–Kier alpha value is -4.39. The van der Waals surface area contributed by atoms with E-state index in [1.54, 1.807) is 38.1 Å². The van der Waals surface area contributed by atoms with E-state index in [1.165, 1.54) is 24.3 Å². The highest BCUT2D eigenvalue weighted by atomic mass is 32.2. The SMILES string of the molecule is COCCc1ccc(-c2ccc(C(=O)NS(=O)(=O)c3ccc(NCCSc4ccccc4)c([N+](=O)[O-])c3)cc2)c(OC)c1. The number of nitrogens with zero attached hydrogens (tertiary/aromatic N) is 1. The standard InChI is InChI=1S/C31H31N3O7S2/c1-40-18-16-22-8-14-27(30(20-22)41-2)23-9-11-24(12-10-23)31(35)33-43(38,39)26-13-15-28(29(21-26)34(36)37)32-17-19-42-25-6-4-3-5-7-25/h3-15,20-21,32H,16-19H2,1-2H3,(H,33,35). The van der Waals surface area contributed by atoms with E-state index in [0.29, 0.717) is 24.7 Å². The fraction of sp³-hybridized carbons (Fsp3) is 0.194. The van der Waals surface area contributed by atoms with E-state index in [-0.39, 0.29) is 11.3 Å². The molecule has 0 aliphatic carbocycles. The second-order valence-electron chi connectivity index (χ2n) is 9.31. The average molecular weight is 622 g/mol. The molecule has 4 rings (SSSR count). The van der Waals surface area contributed by atoms with Gasteiger partial charge in [-0.15, -0.1) is 11.8 Å². The number of hydrogen-bond donors (Lipinski definition) is 2. The highest BCUT2D eigenvalue weighted by molar-refractivity contribution is 7.99. The van der Waals surface area contributed by atoms with Crippen LogP contribution in [0.1, 0.15) is 15.9 Å². The zero-order valence-corrected chi connectivity index (χ0v) is 25.2. The van der Waals surface area contributed by atoms with Gasteiger partial charge in [-0.25, -0.2) is 13.1 Å². The molecule has 10 nitrogen and oxygen atoms in total. The second kappa shape index (κ2) is 14.7. The number of sulfonamides is 1. The van der Waals surface area contributed by atoms with Crippen molar-refractivity contribution in [2.24, 2.45) is 0 Å². The van der Waals surface area contributed by atoms with Gasteiger partial charge in [0.15, 0.2) is 0 Å². The van der Waals surface area contributed by atoms with Crippen molar-refractivity contribution >= 4 is 39.1 Å². The molecule has 0 aromatic heterocycles. The predicted octanol–water partition coefficient (Wildman–Crippen LogP) is 5.78. The molecular weight excluding hydrogens is 590 g/mol. The first-order valence-corrected chi connectivity index (χ1v) is 15.7. The number of anilines is 1. The van der Waals surface area contributed by atoms with Gasteiger partial charge in [0.25, 0.3) is 21.6 Å². The Morgan fingerprint density at radius 1 is 0.953 bits per heavy atom. The van der Waals surface area contributed by atoms with Crippen molar-refractivity contribution in [1.82, 2.24) is 4.72 Å². The summed E-state index contributed by atoms with van der Waals surface area (Å²) >= 11 is 1.58. The third kappa shape index (κ3) is 8.34. The molecule has 0 heterocycles. The Morgan fingerprint density at radius 2 is 1.70 bits per heavy atom. The third-order valence-electron chi connectivity index (χ3n) is 6.45. The van der Waals surface area contributed by atoms with Gasteiger partial charge in [-0.1, -0.05) is 42.5 Å². The molecule has 1 amide bonds. The maximum Gasteiger partial charge on any atom is 0.293 e. The smallest absolute Gasteiger partial charge is 0.293 e. The van der Waals surface area contributed by atoms with Crippen LogP contribution in [0, 0.1) is 10.1 Å². The first-order valence-electron chi connectivity index (χ1n) is 13.3. The lowest BCUT2D eigenvalue weighted by Gasteiger charge is -2.12. The molecule has 0 unspecified atom stereocenters. The Kier molecular flexibility index (Phi) is 10.8. The molecule has 0 radical (unpaired) electrons. The number of nitrogens with one attached hydrogen (secondary N) is 2. The summed E-state index contributed by atoms with van der Waals surface area (Å²) in [6, 6.07) is 25.4. The molecule has 12 heteroatoms. The molecule has 224 valence electrons. The van der Waals surface area contributed by atoms with Gasteiger partial charge in [-0.2, -0.15) is 0 Å². The van der Waals surface area contributed by atoms with Crippen LogP contribution in [0.25, 0.3) is 11.1 Å². The molecule has 0 atom stereocenters. The van der Waals surface area contributed by atoms with Gasteiger partial charge in [0.1, 0.15) is 11.4 Å². The van der Waals surface area contributed by atoms with Crippen LogP contribution >= 0.6 is 11.8 Å². The zero-order valence-electron chi connectivity index (χ0n) is 23.6. The maximum absolute atomic E-state index is 13.0. The lowest BCUT2D eigenvalue weighted by molar-refractivity contribution is -0.384. The topological polar surface area (TPSA) is 137 Å². The molecule has 0 fully saturated rings. The molecular formula is C31H31N3O7S2. The number of amides is 1. The van der Waals surface area contributed by atoms with Crippen LogP contribution in [0.5, 0.6) is 5.75 Å². The molecule has 0 saturated carbocycles. The Bertz CT molecular complexity index is 1680. The number of methoxy groups -OCH3 is 2. The lowest BCUT2D eigenvalue weighted by Crippen LogP contribution is -2.30. The summed E-state index contributed by atoms with van der Waals surface area (Å²) in [6.45, 7) is 1.00. The van der Waals surface area contributed by atoms with E-state index in [4.69, 9.17) is 9.47 Å². The minimum absolute atomic E-state index is 0.103. The molecule has 0 spiro atoms. The number of benzene rings is 4. The maximum atomic E-state index is 13.0. The fourth-order valence-electron chi connectivity index (χ4n) is 4.24. The van der Waals surface area contributed by atoms with Crippen molar-refractivity contribution in [2.75, 3.05) is 38.4 Å². The number of carbonyl (C=O) groups is 1. The summed E-state index contributed by atoms with van der Waals surface area (Å²) < 4.78 is 38.7. The predicted molar refractivity (Wildman–Crippen MR) is 167 cm³/mol. The third-order valence-corrected chi connectivity index (χ3v) is 8.79. The van der Waals surface area contributed by atoms with Crippen LogP contribution in [-0.2, 0) is 21.2 Å². The summed E-state index contributed by atoms with van der Waals surface area (Å²) in [7, 11) is -1.18. The summed E-state index contributed by atoms with van der Waals surface area (Å²) in [5.41, 5.74) is 2.51. The van der Waals surface area contributed by atoms with Gasteiger partial charge in [-0.05, 0) is 60.0 Å². The monoisotopic (exact) mass is 621 g/mol. The fourth-order valence-corrected chi connectivity index (χ4v) is 6.02.